The topological polar surface area (TPSA) is 117 Å². The third-order valence-electron chi connectivity index (χ3n) is 7.00. The lowest BCUT2D eigenvalue weighted by molar-refractivity contribution is -0.133. The number of anilines is 2. The van der Waals surface area contributed by atoms with Gasteiger partial charge < -0.3 is 25.1 Å². The maximum atomic E-state index is 13.2. The van der Waals surface area contributed by atoms with Crippen molar-refractivity contribution < 1.29 is 13.6 Å². The van der Waals surface area contributed by atoms with Gasteiger partial charge in [0, 0.05) is 44.9 Å². The normalized spacial score (nSPS) is 18.0. The zero-order valence-electron chi connectivity index (χ0n) is 21.3. The van der Waals surface area contributed by atoms with Crippen LogP contribution in [0.1, 0.15) is 31.5 Å². The molecule has 0 aliphatic heterocycles. The Balaban J connectivity index is 1.42. The van der Waals surface area contributed by atoms with Gasteiger partial charge in [0.05, 0.1) is 17.6 Å². The molecule has 10 nitrogen and oxygen atoms in total. The van der Waals surface area contributed by atoms with Crippen LogP contribution in [-0.2, 0) is 11.3 Å². The van der Waals surface area contributed by atoms with Crippen molar-refractivity contribution in [3.63, 3.8) is 0 Å². The van der Waals surface area contributed by atoms with Crippen molar-refractivity contribution >= 4 is 39.9 Å². The summed E-state index contributed by atoms with van der Waals surface area (Å²) in [4.78, 5) is 35.6. The highest BCUT2D eigenvalue weighted by molar-refractivity contribution is 6.01. The zero-order chi connectivity index (χ0) is 26.3. The van der Waals surface area contributed by atoms with Crippen LogP contribution in [0, 0.1) is 12.8 Å². The average Bonchev–Trinajstić information content (AvgIpc) is 3.43. The first-order chi connectivity index (χ1) is 17.7. The molecule has 3 N–H and O–H groups in total. The molecule has 1 amide bonds. The number of amides is 1. The van der Waals surface area contributed by atoms with Crippen molar-refractivity contribution in [1.82, 2.24) is 34.4 Å². The van der Waals surface area contributed by atoms with Crippen LogP contribution in [0.15, 0.2) is 18.3 Å². The summed E-state index contributed by atoms with van der Waals surface area (Å²) in [5.41, 5.74) is 2.99. The number of imidazole rings is 1. The van der Waals surface area contributed by atoms with Crippen LogP contribution in [0.2, 0.25) is 0 Å². The molecule has 1 saturated carbocycles. The SMILES string of the molecule is CNc1nc(NC2CCC(C(=O)N(C)C)CC2)nc2[nH]cc(-c3ccc4nc(C)n(CC(F)F)c4n3)c12. The molecule has 4 heterocycles. The van der Waals surface area contributed by atoms with Gasteiger partial charge in [-0.3, -0.25) is 4.79 Å². The molecule has 0 aromatic carbocycles. The Morgan fingerprint density at radius 1 is 1.16 bits per heavy atom. The summed E-state index contributed by atoms with van der Waals surface area (Å²) < 4.78 is 27.7. The van der Waals surface area contributed by atoms with E-state index in [2.05, 4.69) is 25.6 Å². The predicted molar refractivity (Wildman–Crippen MR) is 139 cm³/mol. The number of carbonyl (C=O) groups is 1. The number of pyridine rings is 1. The van der Waals surface area contributed by atoms with E-state index in [0.29, 0.717) is 40.1 Å². The maximum absolute atomic E-state index is 13.2. The molecule has 196 valence electrons. The molecule has 0 spiro atoms. The van der Waals surface area contributed by atoms with E-state index in [-0.39, 0.29) is 17.9 Å². The summed E-state index contributed by atoms with van der Waals surface area (Å²) in [6.07, 6.45) is 2.69. The summed E-state index contributed by atoms with van der Waals surface area (Å²) in [5, 5.41) is 7.34. The second-order valence-electron chi connectivity index (χ2n) is 9.70. The molecule has 0 saturated heterocycles. The fourth-order valence-corrected chi connectivity index (χ4v) is 5.13. The van der Waals surface area contributed by atoms with Crippen molar-refractivity contribution in [2.75, 3.05) is 31.8 Å². The molecule has 4 aromatic rings. The first kappa shape index (κ1) is 24.8. The summed E-state index contributed by atoms with van der Waals surface area (Å²) in [5.74, 6) is 1.88. The first-order valence-electron chi connectivity index (χ1n) is 12.4. The van der Waals surface area contributed by atoms with E-state index in [1.54, 1.807) is 45.2 Å². The van der Waals surface area contributed by atoms with E-state index in [1.807, 2.05) is 6.07 Å². The van der Waals surface area contributed by atoms with Crippen LogP contribution >= 0.6 is 0 Å². The predicted octanol–water partition coefficient (Wildman–Crippen LogP) is 4.04. The smallest absolute Gasteiger partial charge is 0.256 e. The Hall–Kier alpha value is -3.83. The molecule has 37 heavy (non-hydrogen) atoms. The van der Waals surface area contributed by atoms with Crippen LogP contribution in [-0.4, -0.2) is 73.9 Å². The number of rotatable bonds is 7. The van der Waals surface area contributed by atoms with Crippen LogP contribution in [0.3, 0.4) is 0 Å². The van der Waals surface area contributed by atoms with Gasteiger partial charge >= 0.3 is 0 Å². The van der Waals surface area contributed by atoms with Crippen molar-refractivity contribution in [3.05, 3.63) is 24.2 Å². The lowest BCUT2D eigenvalue weighted by atomic mass is 9.85. The number of aromatic nitrogens is 6. The monoisotopic (exact) mass is 511 g/mol. The molecule has 0 radical (unpaired) electrons. The number of nitrogens with one attached hydrogen (secondary N) is 3. The van der Waals surface area contributed by atoms with Crippen molar-refractivity contribution in [2.45, 2.75) is 51.6 Å². The second kappa shape index (κ2) is 9.91. The molecule has 5 rings (SSSR count). The third-order valence-corrected chi connectivity index (χ3v) is 7.00. The molecule has 1 aliphatic carbocycles. The summed E-state index contributed by atoms with van der Waals surface area (Å²) in [6.45, 7) is 1.24. The maximum Gasteiger partial charge on any atom is 0.256 e. The summed E-state index contributed by atoms with van der Waals surface area (Å²) in [6, 6.07) is 3.80. The van der Waals surface area contributed by atoms with E-state index in [4.69, 9.17) is 9.97 Å². The number of H-pyrrole nitrogens is 1. The number of hydrogen-bond donors (Lipinski definition) is 3. The van der Waals surface area contributed by atoms with Gasteiger partial charge in [0.15, 0.2) is 5.65 Å². The number of halogens is 2. The molecule has 0 atom stereocenters. The van der Waals surface area contributed by atoms with Crippen molar-refractivity contribution in [1.29, 1.82) is 0 Å². The number of aromatic amines is 1. The van der Waals surface area contributed by atoms with Gasteiger partial charge in [-0.05, 0) is 44.7 Å². The van der Waals surface area contributed by atoms with Crippen LogP contribution in [0.4, 0.5) is 20.5 Å². The molecule has 0 unspecified atom stereocenters. The van der Waals surface area contributed by atoms with E-state index >= 15 is 0 Å². The molecule has 1 fully saturated rings. The van der Waals surface area contributed by atoms with Crippen LogP contribution in [0.25, 0.3) is 33.5 Å². The van der Waals surface area contributed by atoms with Crippen LogP contribution < -0.4 is 10.6 Å². The lowest BCUT2D eigenvalue weighted by Crippen LogP contribution is -2.35. The summed E-state index contributed by atoms with van der Waals surface area (Å²) >= 11 is 0. The van der Waals surface area contributed by atoms with Gasteiger partial charge in [-0.1, -0.05) is 0 Å². The van der Waals surface area contributed by atoms with Gasteiger partial charge in [0.25, 0.3) is 6.43 Å². The standard InChI is InChI=1S/C25H31F2N9O/c1-13-30-18-10-9-17(32-23(18)36(13)12-19(26)27)16-11-29-22-20(16)21(28-2)33-25(34-22)31-15-7-5-14(6-8-15)24(37)35(3)4/h9-11,14-15,19H,5-8,12H2,1-4H3,(H3,28,29,31,33,34). The number of nitrogens with zero attached hydrogens (tertiary/aromatic N) is 6. The van der Waals surface area contributed by atoms with E-state index < -0.39 is 13.0 Å². The van der Waals surface area contributed by atoms with Crippen molar-refractivity contribution in [3.8, 4) is 11.3 Å². The minimum absolute atomic E-state index is 0.0703. The number of alkyl halides is 2. The molecule has 1 aliphatic rings. The zero-order valence-corrected chi connectivity index (χ0v) is 21.3. The Morgan fingerprint density at radius 3 is 2.59 bits per heavy atom. The minimum atomic E-state index is -2.51. The highest BCUT2D eigenvalue weighted by atomic mass is 19.3. The first-order valence-corrected chi connectivity index (χ1v) is 12.4. The van der Waals surface area contributed by atoms with Gasteiger partial charge in [-0.25, -0.2) is 18.7 Å². The highest BCUT2D eigenvalue weighted by Crippen LogP contribution is 2.34. The number of aryl methyl sites for hydroxylation is 1. The Morgan fingerprint density at radius 2 is 1.92 bits per heavy atom. The molecule has 12 heteroatoms. The Kier molecular flexibility index (Phi) is 6.65. The van der Waals surface area contributed by atoms with Gasteiger partial charge in [0.2, 0.25) is 11.9 Å². The number of hydrogen-bond acceptors (Lipinski definition) is 7. The van der Waals surface area contributed by atoms with E-state index in [9.17, 15) is 13.6 Å². The Bertz CT molecular complexity index is 1440. The molecule has 4 aromatic heterocycles. The second-order valence-corrected chi connectivity index (χ2v) is 9.70. The summed E-state index contributed by atoms with van der Waals surface area (Å²) in [7, 11) is 5.39. The molecule has 0 bridgehead atoms. The van der Waals surface area contributed by atoms with Gasteiger partial charge in [0.1, 0.15) is 22.8 Å². The van der Waals surface area contributed by atoms with Gasteiger partial charge in [-0.2, -0.15) is 9.97 Å². The number of fused-ring (bicyclic) bond motifs is 2. The quantitative estimate of drug-likeness (QED) is 0.343. The van der Waals surface area contributed by atoms with E-state index in [1.165, 1.54) is 4.57 Å². The largest absolute Gasteiger partial charge is 0.372 e. The molecular formula is C25H31F2N9O. The molecular weight excluding hydrogens is 480 g/mol. The Labute approximate surface area is 212 Å². The highest BCUT2D eigenvalue weighted by Gasteiger charge is 2.28. The van der Waals surface area contributed by atoms with E-state index in [0.717, 1.165) is 36.6 Å². The lowest BCUT2D eigenvalue weighted by Gasteiger charge is -2.29. The van der Waals surface area contributed by atoms with Gasteiger partial charge in [-0.15, -0.1) is 0 Å². The third kappa shape index (κ3) is 4.79. The van der Waals surface area contributed by atoms with Crippen LogP contribution in [0.5, 0.6) is 0 Å². The minimum Gasteiger partial charge on any atom is -0.372 e. The average molecular weight is 512 g/mol. The fraction of sp³-hybridized carbons (Fsp3) is 0.480. The number of carbonyl (C=O) groups excluding carboxylic acids is 1. The van der Waals surface area contributed by atoms with Crippen molar-refractivity contribution in [2.24, 2.45) is 5.92 Å². The fourth-order valence-electron chi connectivity index (χ4n) is 5.13.